The van der Waals surface area contributed by atoms with Crippen LogP contribution in [-0.2, 0) is 31.4 Å². The van der Waals surface area contributed by atoms with Crippen LogP contribution in [0.2, 0.25) is 0 Å². The van der Waals surface area contributed by atoms with Gasteiger partial charge in [0.1, 0.15) is 35.2 Å². The van der Waals surface area contributed by atoms with Crippen LogP contribution in [0.15, 0.2) is 126 Å². The lowest BCUT2D eigenvalue weighted by molar-refractivity contribution is -0.0905. The molecule has 53 heavy (non-hydrogen) atoms. The van der Waals surface area contributed by atoms with E-state index >= 15 is 0 Å². The van der Waals surface area contributed by atoms with Crippen LogP contribution in [0, 0.1) is 0 Å². The largest absolute Gasteiger partial charge is 0.497 e. The lowest BCUT2D eigenvalue weighted by atomic mass is 9.80. The lowest BCUT2D eigenvalue weighted by Crippen LogP contribution is -2.38. The van der Waals surface area contributed by atoms with E-state index in [0.717, 1.165) is 39.7 Å². The van der Waals surface area contributed by atoms with E-state index < -0.39 is 34.4 Å². The second-order valence-corrected chi connectivity index (χ2v) is 23.0. The molecular weight excluding hydrogens is 750 g/mol. The van der Waals surface area contributed by atoms with Crippen molar-refractivity contribution >= 4 is 51.0 Å². The van der Waals surface area contributed by atoms with E-state index in [9.17, 15) is 9.59 Å². The highest BCUT2D eigenvalue weighted by atomic mass is 33.2. The Morgan fingerprint density at radius 2 is 1.43 bits per heavy atom. The second kappa shape index (κ2) is 16.6. The highest BCUT2D eigenvalue weighted by Crippen LogP contribution is 2.75. The Bertz CT molecular complexity index is 2070. The maximum absolute atomic E-state index is 13.4. The van der Waals surface area contributed by atoms with Gasteiger partial charge in [0.15, 0.2) is 4.67 Å². The Balaban J connectivity index is 1.22. The van der Waals surface area contributed by atoms with Crippen molar-refractivity contribution in [2.24, 2.45) is 0 Å². The Labute approximate surface area is 321 Å². The van der Waals surface area contributed by atoms with Crippen molar-refractivity contribution < 1.29 is 28.3 Å². The Morgan fingerprint density at radius 3 is 2.00 bits per heavy atom. The molecule has 2 aliphatic rings. The summed E-state index contributed by atoms with van der Waals surface area (Å²) in [4.78, 5) is 30.3. The van der Waals surface area contributed by atoms with E-state index in [0.29, 0.717) is 12.0 Å². The first kappa shape index (κ1) is 37.4. The summed E-state index contributed by atoms with van der Waals surface area (Å²) in [5, 5.41) is 2.71. The molecule has 2 saturated heterocycles. The van der Waals surface area contributed by atoms with Gasteiger partial charge >= 0.3 is 5.69 Å². The van der Waals surface area contributed by atoms with E-state index in [1.54, 1.807) is 73.5 Å². The summed E-state index contributed by atoms with van der Waals surface area (Å²) in [5.74, 6) is 3.07. The third kappa shape index (κ3) is 8.27. The molecule has 3 heterocycles. The number of benzene rings is 4. The summed E-state index contributed by atoms with van der Waals surface area (Å²) >= 11 is 9.42. The van der Waals surface area contributed by atoms with Gasteiger partial charge in [0, 0.05) is 29.7 Å². The number of nitrogens with one attached hydrogen (secondary N) is 1. The number of nitrogens with zero attached hydrogens (tertiary/aromatic N) is 2. The zero-order chi connectivity index (χ0) is 36.8. The number of anilines is 1. The molecule has 1 amide bonds. The number of aromatic nitrogens is 2. The van der Waals surface area contributed by atoms with Crippen molar-refractivity contribution in [1.29, 1.82) is 0 Å². The summed E-state index contributed by atoms with van der Waals surface area (Å²) in [6.45, 7) is 0.103. The first-order valence-electron chi connectivity index (χ1n) is 17.0. The molecule has 1 aromatic heterocycles. The van der Waals surface area contributed by atoms with E-state index in [-0.39, 0.29) is 18.3 Å². The molecule has 10 nitrogen and oxygen atoms in total. The summed E-state index contributed by atoms with van der Waals surface area (Å²) in [6.07, 6.45) is 0.175. The molecule has 4 aromatic carbocycles. The van der Waals surface area contributed by atoms with E-state index in [1.807, 2.05) is 84.9 Å². The zero-order valence-corrected chi connectivity index (χ0v) is 32.4. The quantitative estimate of drug-likeness (QED) is 0.0930. The summed E-state index contributed by atoms with van der Waals surface area (Å²) in [7, 11) is 3.27. The number of rotatable bonds is 13. The smallest absolute Gasteiger partial charge is 0.351 e. The fourth-order valence-corrected chi connectivity index (χ4v) is 15.9. The van der Waals surface area contributed by atoms with Gasteiger partial charge in [-0.2, -0.15) is 4.98 Å². The highest BCUT2D eigenvalue weighted by Gasteiger charge is 2.45. The van der Waals surface area contributed by atoms with Gasteiger partial charge in [0.05, 0.1) is 26.9 Å². The predicted octanol–water partition coefficient (Wildman–Crippen LogP) is 7.90. The normalized spacial score (nSPS) is 19.5. The van der Waals surface area contributed by atoms with Crippen LogP contribution >= 0.6 is 27.4 Å². The van der Waals surface area contributed by atoms with Gasteiger partial charge in [-0.15, -0.1) is 0 Å². The minimum absolute atomic E-state index is 0.103. The molecule has 0 spiro atoms. The number of carbonyl (C=O) groups excluding carboxylic acids is 1. The van der Waals surface area contributed by atoms with Crippen LogP contribution in [0.4, 0.5) is 5.82 Å². The lowest BCUT2D eigenvalue weighted by Gasteiger charge is -2.37. The van der Waals surface area contributed by atoms with Crippen LogP contribution < -0.4 is 20.5 Å². The average molecular weight is 788 g/mol. The number of hydrogen-bond acceptors (Lipinski definition) is 11. The van der Waals surface area contributed by atoms with Gasteiger partial charge in [-0.3, -0.25) is 9.36 Å². The van der Waals surface area contributed by atoms with E-state index in [1.165, 1.54) is 4.57 Å². The van der Waals surface area contributed by atoms with Crippen LogP contribution in [0.5, 0.6) is 11.5 Å². The van der Waals surface area contributed by atoms with Gasteiger partial charge in [0.2, 0.25) is 0 Å². The molecule has 1 N–H and O–H groups in total. The van der Waals surface area contributed by atoms with Crippen molar-refractivity contribution in [3.05, 3.63) is 154 Å². The standard InChI is InChI=1S/C39H38N3O7PS3/c1-45-31-17-13-29(14-18-31)39(28-11-7-4-8-12-28,30-15-19-32(46-2)20-16-30)47-26-34-33(49-50(51)52-23-24-53-50)25-36(48-34)42-22-21-35(41-38(42)44)40-37(43)27-9-5-3-6-10-27/h3-22,33-34,36H,23-26H2,1-2H3,(H,40,41,43,44)/t33-,34+,36+/m1/s1. The first-order valence-corrected chi connectivity index (χ1v) is 22.9. The summed E-state index contributed by atoms with van der Waals surface area (Å²) in [6, 6.07) is 36.0. The number of ether oxygens (including phenoxy) is 4. The maximum atomic E-state index is 13.4. The molecule has 274 valence electrons. The van der Waals surface area contributed by atoms with Crippen molar-refractivity contribution in [3.63, 3.8) is 0 Å². The minimum atomic E-state index is -2.24. The van der Waals surface area contributed by atoms with Crippen molar-refractivity contribution in [2.75, 3.05) is 37.6 Å². The summed E-state index contributed by atoms with van der Waals surface area (Å²) in [5.41, 5.74) is 1.48. The van der Waals surface area contributed by atoms with Gasteiger partial charge < -0.3 is 28.8 Å². The van der Waals surface area contributed by atoms with Crippen LogP contribution in [0.25, 0.3) is 0 Å². The Hall–Kier alpha value is -3.94. The molecule has 0 bridgehead atoms. The number of methoxy groups -OCH3 is 2. The topological polar surface area (TPSA) is 110 Å². The monoisotopic (exact) mass is 787 g/mol. The molecule has 2 fully saturated rings. The molecular formula is C39H38N3O7PS3. The molecule has 5 aromatic rings. The van der Waals surface area contributed by atoms with Gasteiger partial charge in [0.25, 0.3) is 5.91 Å². The SMILES string of the molecule is COc1ccc(C(OC[C@@H]2O[C@H](n3ccc(NC(=O)c4ccccc4)nc3=O)C[C@H]2OP2(=S)SCCS2)(c2ccccc2)c2ccc(OC)cc2)cc1. The number of hydrogen-bond donors (Lipinski definition) is 1. The van der Waals surface area contributed by atoms with Crippen LogP contribution in [0.1, 0.15) is 39.7 Å². The van der Waals surface area contributed by atoms with Gasteiger partial charge in [-0.1, -0.05) is 95.6 Å². The Morgan fingerprint density at radius 1 is 0.868 bits per heavy atom. The van der Waals surface area contributed by atoms with Crippen molar-refractivity contribution in [2.45, 2.75) is 30.5 Å². The van der Waals surface area contributed by atoms with E-state index in [2.05, 4.69) is 10.3 Å². The first-order chi connectivity index (χ1) is 25.8. The molecule has 0 radical (unpaired) electrons. The third-order valence-corrected chi connectivity index (χ3v) is 18.8. The minimum Gasteiger partial charge on any atom is -0.497 e. The molecule has 0 saturated carbocycles. The van der Waals surface area contributed by atoms with Gasteiger partial charge in [-0.25, -0.2) is 4.79 Å². The van der Waals surface area contributed by atoms with Crippen molar-refractivity contribution in [1.82, 2.24) is 9.55 Å². The maximum Gasteiger partial charge on any atom is 0.351 e. The molecule has 3 atom stereocenters. The van der Waals surface area contributed by atoms with Gasteiger partial charge in [-0.05, 0) is 71.0 Å². The van der Waals surface area contributed by atoms with Crippen molar-refractivity contribution in [3.8, 4) is 11.5 Å². The summed E-state index contributed by atoms with van der Waals surface area (Å²) < 4.78 is 30.8. The average Bonchev–Trinajstić information content (AvgIpc) is 3.81. The fraction of sp³-hybridized carbons (Fsp3) is 0.256. The highest BCUT2D eigenvalue weighted by molar-refractivity contribution is 9.00. The van der Waals surface area contributed by atoms with Crippen LogP contribution in [-0.4, -0.2) is 60.0 Å². The zero-order valence-electron chi connectivity index (χ0n) is 29.0. The van der Waals surface area contributed by atoms with Crippen LogP contribution in [0.3, 0.4) is 0 Å². The molecule has 14 heteroatoms. The number of amides is 1. The number of carbonyl (C=O) groups is 1. The molecule has 2 aliphatic heterocycles. The molecule has 0 aliphatic carbocycles. The molecule has 7 rings (SSSR count). The predicted molar refractivity (Wildman–Crippen MR) is 214 cm³/mol. The van der Waals surface area contributed by atoms with E-state index in [4.69, 9.17) is 35.3 Å². The Kier molecular flexibility index (Phi) is 11.7. The second-order valence-electron chi connectivity index (χ2n) is 12.3. The third-order valence-electron chi connectivity index (χ3n) is 9.08. The molecule has 0 unspecified atom stereocenters. The fourth-order valence-electron chi connectivity index (χ4n) is 6.46.